The minimum Gasteiger partial charge on any atom is -0.198 e. The van der Waals surface area contributed by atoms with E-state index in [0.29, 0.717) is 5.92 Å². The molecule has 0 aromatic carbocycles. The molecular weight excluding hydrogens is 190 g/mol. The minimum absolute atomic E-state index is 0.344. The van der Waals surface area contributed by atoms with Gasteiger partial charge < -0.3 is 0 Å². The molecule has 0 aromatic rings. The molecule has 0 N–H and O–H groups in total. The summed E-state index contributed by atoms with van der Waals surface area (Å²) in [6.45, 7) is 0. The maximum absolute atomic E-state index is 8.64. The molecule has 1 aliphatic carbocycles. The normalized spacial score (nSPS) is 33.2. The third-order valence-corrected chi connectivity index (χ3v) is 3.10. The zero-order chi connectivity index (χ0) is 7.40. The lowest BCUT2D eigenvalue weighted by atomic mass is 9.83. The molecule has 0 saturated heterocycles. The van der Waals surface area contributed by atoms with Crippen molar-refractivity contribution in [1.82, 2.24) is 0 Å². The highest BCUT2D eigenvalue weighted by atomic mass is 79.9. The monoisotopic (exact) mass is 201 g/mol. The van der Waals surface area contributed by atoms with E-state index in [0.717, 1.165) is 24.1 Å². The second-order valence-electron chi connectivity index (χ2n) is 3.01. The topological polar surface area (TPSA) is 23.8 Å². The molecule has 56 valence electrons. The third kappa shape index (κ3) is 1.98. The first kappa shape index (κ1) is 8.07. The summed E-state index contributed by atoms with van der Waals surface area (Å²) in [5.41, 5.74) is 0. The molecule has 1 saturated carbocycles. The average Bonchev–Trinajstić information content (AvgIpc) is 2.05. The first-order valence-electron chi connectivity index (χ1n) is 3.82. The van der Waals surface area contributed by atoms with Gasteiger partial charge in [-0.1, -0.05) is 22.4 Å². The van der Waals surface area contributed by atoms with E-state index in [9.17, 15) is 0 Å². The molecule has 0 aliphatic heterocycles. The zero-order valence-corrected chi connectivity index (χ0v) is 7.60. The van der Waals surface area contributed by atoms with E-state index in [1.165, 1.54) is 12.8 Å². The van der Waals surface area contributed by atoms with Crippen molar-refractivity contribution in [2.24, 2.45) is 11.8 Å². The van der Waals surface area contributed by atoms with Gasteiger partial charge in [0.15, 0.2) is 0 Å². The summed E-state index contributed by atoms with van der Waals surface area (Å²) in [5.74, 6) is 1.11. The van der Waals surface area contributed by atoms with Crippen LogP contribution in [0.4, 0.5) is 0 Å². The van der Waals surface area contributed by atoms with Crippen molar-refractivity contribution in [3.8, 4) is 6.07 Å². The quantitative estimate of drug-likeness (QED) is 0.599. The Morgan fingerprint density at radius 1 is 1.50 bits per heavy atom. The lowest BCUT2D eigenvalue weighted by Crippen LogP contribution is -2.14. The van der Waals surface area contributed by atoms with Crippen LogP contribution in [0.1, 0.15) is 25.7 Å². The molecule has 0 heterocycles. The van der Waals surface area contributed by atoms with Crippen LogP contribution in [0.15, 0.2) is 0 Å². The van der Waals surface area contributed by atoms with Crippen molar-refractivity contribution in [2.75, 3.05) is 5.33 Å². The molecule has 0 radical (unpaired) electrons. The summed E-state index contributed by atoms with van der Waals surface area (Å²) in [6, 6.07) is 2.35. The molecular formula is C8H12BrN. The molecule has 2 atom stereocenters. The molecule has 10 heavy (non-hydrogen) atoms. The summed E-state index contributed by atoms with van der Waals surface area (Å²) in [5, 5.41) is 9.71. The van der Waals surface area contributed by atoms with Crippen LogP contribution >= 0.6 is 15.9 Å². The van der Waals surface area contributed by atoms with E-state index in [4.69, 9.17) is 5.26 Å². The fourth-order valence-corrected chi connectivity index (χ4v) is 2.14. The number of hydrogen-bond donors (Lipinski definition) is 0. The van der Waals surface area contributed by atoms with Crippen LogP contribution in [-0.2, 0) is 0 Å². The molecule has 0 spiro atoms. The lowest BCUT2D eigenvalue weighted by Gasteiger charge is -2.22. The average molecular weight is 202 g/mol. The second-order valence-corrected chi connectivity index (χ2v) is 3.66. The van der Waals surface area contributed by atoms with E-state index < -0.39 is 0 Å². The maximum atomic E-state index is 8.64. The highest BCUT2D eigenvalue weighted by Gasteiger charge is 2.20. The van der Waals surface area contributed by atoms with Gasteiger partial charge in [-0.3, -0.25) is 0 Å². The fourth-order valence-electron chi connectivity index (χ4n) is 1.55. The Labute approximate surface area is 70.5 Å². The van der Waals surface area contributed by atoms with Crippen molar-refractivity contribution >= 4 is 15.9 Å². The number of alkyl halides is 1. The SMILES string of the molecule is N#C[C@H]1CCC[C@@H](CBr)C1. The predicted molar refractivity (Wildman–Crippen MR) is 44.9 cm³/mol. The van der Waals surface area contributed by atoms with E-state index >= 15 is 0 Å². The van der Waals surface area contributed by atoms with Gasteiger partial charge in [-0.05, 0) is 25.2 Å². The Morgan fingerprint density at radius 2 is 2.30 bits per heavy atom. The first-order valence-corrected chi connectivity index (χ1v) is 4.94. The van der Waals surface area contributed by atoms with E-state index in [1.807, 2.05) is 0 Å². The van der Waals surface area contributed by atoms with Crippen molar-refractivity contribution in [2.45, 2.75) is 25.7 Å². The molecule has 1 rings (SSSR count). The Hall–Kier alpha value is -0.0300. The molecule has 0 aromatic heterocycles. The molecule has 2 heteroatoms. The van der Waals surface area contributed by atoms with Crippen LogP contribution in [0.3, 0.4) is 0 Å². The summed E-state index contributed by atoms with van der Waals surface area (Å²) in [6.07, 6.45) is 4.79. The van der Waals surface area contributed by atoms with E-state index in [2.05, 4.69) is 22.0 Å². The van der Waals surface area contributed by atoms with Crippen LogP contribution in [0.5, 0.6) is 0 Å². The predicted octanol–water partition coefficient (Wildman–Crippen LogP) is 2.71. The fraction of sp³-hybridized carbons (Fsp3) is 0.875. The standard InChI is InChI=1S/C8H12BrN/c9-5-7-2-1-3-8(4-7)6-10/h7-8H,1-5H2/t7-,8+/m1/s1. The summed E-state index contributed by atoms with van der Waals surface area (Å²) in [7, 11) is 0. The van der Waals surface area contributed by atoms with Crippen LogP contribution in [0.2, 0.25) is 0 Å². The van der Waals surface area contributed by atoms with Crippen LogP contribution < -0.4 is 0 Å². The summed E-state index contributed by atoms with van der Waals surface area (Å²) < 4.78 is 0. The lowest BCUT2D eigenvalue weighted by molar-refractivity contribution is 0.337. The van der Waals surface area contributed by atoms with Gasteiger partial charge in [-0.25, -0.2) is 0 Å². The Morgan fingerprint density at radius 3 is 2.90 bits per heavy atom. The number of halogens is 1. The molecule has 1 nitrogen and oxygen atoms in total. The van der Waals surface area contributed by atoms with Crippen LogP contribution in [0.25, 0.3) is 0 Å². The van der Waals surface area contributed by atoms with Gasteiger partial charge in [0.05, 0.1) is 6.07 Å². The third-order valence-electron chi connectivity index (χ3n) is 2.18. The van der Waals surface area contributed by atoms with Crippen molar-refractivity contribution < 1.29 is 0 Å². The second kappa shape index (κ2) is 3.98. The summed E-state index contributed by atoms with van der Waals surface area (Å²) in [4.78, 5) is 0. The highest BCUT2D eigenvalue weighted by molar-refractivity contribution is 9.09. The molecule has 1 fully saturated rings. The number of nitriles is 1. The molecule has 0 amide bonds. The Balaban J connectivity index is 2.33. The number of rotatable bonds is 1. The molecule has 0 unspecified atom stereocenters. The summed E-state index contributed by atoms with van der Waals surface area (Å²) >= 11 is 3.46. The number of nitrogens with zero attached hydrogens (tertiary/aromatic N) is 1. The van der Waals surface area contributed by atoms with Gasteiger partial charge in [0, 0.05) is 11.2 Å². The maximum Gasteiger partial charge on any atom is 0.0655 e. The minimum atomic E-state index is 0.344. The zero-order valence-electron chi connectivity index (χ0n) is 6.02. The smallest absolute Gasteiger partial charge is 0.0655 e. The van der Waals surface area contributed by atoms with Gasteiger partial charge in [0.25, 0.3) is 0 Å². The van der Waals surface area contributed by atoms with Gasteiger partial charge >= 0.3 is 0 Å². The van der Waals surface area contributed by atoms with Crippen molar-refractivity contribution in [3.05, 3.63) is 0 Å². The van der Waals surface area contributed by atoms with Gasteiger partial charge in [0.1, 0.15) is 0 Å². The van der Waals surface area contributed by atoms with E-state index in [1.54, 1.807) is 0 Å². The Bertz CT molecular complexity index is 139. The van der Waals surface area contributed by atoms with Crippen LogP contribution in [-0.4, -0.2) is 5.33 Å². The van der Waals surface area contributed by atoms with Gasteiger partial charge in [0.2, 0.25) is 0 Å². The largest absolute Gasteiger partial charge is 0.198 e. The van der Waals surface area contributed by atoms with Crippen molar-refractivity contribution in [3.63, 3.8) is 0 Å². The highest BCUT2D eigenvalue weighted by Crippen LogP contribution is 2.29. The Kier molecular flexibility index (Phi) is 3.21. The van der Waals surface area contributed by atoms with Crippen molar-refractivity contribution in [1.29, 1.82) is 5.26 Å². The van der Waals surface area contributed by atoms with Crippen LogP contribution in [0, 0.1) is 23.2 Å². The number of hydrogen-bond acceptors (Lipinski definition) is 1. The van der Waals surface area contributed by atoms with Gasteiger partial charge in [-0.15, -0.1) is 0 Å². The van der Waals surface area contributed by atoms with Gasteiger partial charge in [-0.2, -0.15) is 5.26 Å². The molecule has 0 bridgehead atoms. The molecule has 1 aliphatic rings. The first-order chi connectivity index (χ1) is 4.86. The van der Waals surface area contributed by atoms with E-state index in [-0.39, 0.29) is 0 Å².